The van der Waals surface area contributed by atoms with Crippen LogP contribution in [0.25, 0.3) is 0 Å². The maximum absolute atomic E-state index is 11.8. The molecule has 0 spiro atoms. The van der Waals surface area contributed by atoms with Crippen molar-refractivity contribution in [3.05, 3.63) is 23.9 Å². The van der Waals surface area contributed by atoms with E-state index in [4.69, 9.17) is 0 Å². The number of rotatable bonds is 6. The van der Waals surface area contributed by atoms with Crippen molar-refractivity contribution in [3.8, 4) is 0 Å². The quantitative estimate of drug-likeness (QED) is 0.647. The Hall–Kier alpha value is -2.11. The Kier molecular flexibility index (Phi) is 4.33. The molecule has 0 atom stereocenters. The number of nitrogens with zero attached hydrogens (tertiary/aromatic N) is 1. The molecule has 0 unspecified atom stereocenters. The fourth-order valence-electron chi connectivity index (χ4n) is 1.66. The molecule has 19 heavy (non-hydrogen) atoms. The Balaban J connectivity index is 1.72. The number of pyridine rings is 1. The molecular formula is C13H18N4O2. The van der Waals surface area contributed by atoms with E-state index in [0.717, 1.165) is 12.8 Å². The van der Waals surface area contributed by atoms with E-state index in [9.17, 15) is 9.59 Å². The van der Waals surface area contributed by atoms with Crippen molar-refractivity contribution >= 4 is 17.6 Å². The molecule has 3 N–H and O–H groups in total. The van der Waals surface area contributed by atoms with Gasteiger partial charge in [0.15, 0.2) is 0 Å². The fraction of sp³-hybridized carbons (Fsp3) is 0.462. The smallest absolute Gasteiger partial charge is 0.251 e. The number of aromatic nitrogens is 1. The monoisotopic (exact) mass is 262 g/mol. The highest BCUT2D eigenvalue weighted by atomic mass is 16.2. The second kappa shape index (κ2) is 6.17. The minimum Gasteiger partial charge on any atom is -0.373 e. The van der Waals surface area contributed by atoms with Gasteiger partial charge in [0.1, 0.15) is 5.82 Å². The summed E-state index contributed by atoms with van der Waals surface area (Å²) in [6.45, 7) is 0.888. The number of hydrogen-bond donors (Lipinski definition) is 3. The standard InChI is InChI=1S/C13H18N4O2/c1-14-11-8-10(4-5-15-11)13(19)17-7-6-16-12(18)9-2-3-9/h4-5,8-9H,2-3,6-7H2,1H3,(H,14,15)(H,16,18)(H,17,19). The summed E-state index contributed by atoms with van der Waals surface area (Å²) < 4.78 is 0. The van der Waals surface area contributed by atoms with Gasteiger partial charge in [-0.05, 0) is 25.0 Å². The van der Waals surface area contributed by atoms with E-state index >= 15 is 0 Å². The average Bonchev–Trinajstić information content (AvgIpc) is 3.27. The molecule has 1 saturated carbocycles. The SMILES string of the molecule is CNc1cc(C(=O)NCCNC(=O)C2CC2)ccn1. The van der Waals surface area contributed by atoms with Gasteiger partial charge >= 0.3 is 0 Å². The zero-order chi connectivity index (χ0) is 13.7. The summed E-state index contributed by atoms with van der Waals surface area (Å²) in [5.74, 6) is 0.777. The zero-order valence-corrected chi connectivity index (χ0v) is 10.9. The number of hydrogen-bond acceptors (Lipinski definition) is 4. The molecular weight excluding hydrogens is 244 g/mol. The lowest BCUT2D eigenvalue weighted by Crippen LogP contribution is -2.35. The van der Waals surface area contributed by atoms with Crippen molar-refractivity contribution in [2.24, 2.45) is 5.92 Å². The Morgan fingerprint density at radius 2 is 2.05 bits per heavy atom. The highest BCUT2D eigenvalue weighted by molar-refractivity contribution is 5.94. The second-order valence-corrected chi connectivity index (χ2v) is 4.50. The third-order valence-corrected chi connectivity index (χ3v) is 2.94. The number of anilines is 1. The van der Waals surface area contributed by atoms with Crippen LogP contribution in [0.1, 0.15) is 23.2 Å². The van der Waals surface area contributed by atoms with Gasteiger partial charge < -0.3 is 16.0 Å². The molecule has 0 aliphatic heterocycles. The first-order valence-electron chi connectivity index (χ1n) is 6.40. The Bertz CT molecular complexity index is 471. The van der Waals surface area contributed by atoms with Crippen LogP contribution >= 0.6 is 0 Å². The van der Waals surface area contributed by atoms with Crippen LogP contribution in [0.5, 0.6) is 0 Å². The molecule has 0 radical (unpaired) electrons. The van der Waals surface area contributed by atoms with Crippen LogP contribution < -0.4 is 16.0 Å². The summed E-state index contributed by atoms with van der Waals surface area (Å²) in [4.78, 5) is 27.2. The highest BCUT2D eigenvalue weighted by Crippen LogP contribution is 2.28. The van der Waals surface area contributed by atoms with Crippen LogP contribution in [0.2, 0.25) is 0 Å². The Morgan fingerprint density at radius 3 is 2.74 bits per heavy atom. The van der Waals surface area contributed by atoms with Crippen molar-refractivity contribution < 1.29 is 9.59 Å². The molecule has 1 heterocycles. The molecule has 6 heteroatoms. The molecule has 2 rings (SSSR count). The van der Waals surface area contributed by atoms with Crippen LogP contribution in [0.4, 0.5) is 5.82 Å². The topological polar surface area (TPSA) is 83.1 Å². The lowest BCUT2D eigenvalue weighted by molar-refractivity contribution is -0.122. The van der Waals surface area contributed by atoms with Crippen LogP contribution in [0.3, 0.4) is 0 Å². The molecule has 1 aromatic heterocycles. The lowest BCUT2D eigenvalue weighted by Gasteiger charge is -2.07. The van der Waals surface area contributed by atoms with E-state index < -0.39 is 0 Å². The largest absolute Gasteiger partial charge is 0.373 e. The number of amides is 2. The van der Waals surface area contributed by atoms with Crippen molar-refractivity contribution in [1.82, 2.24) is 15.6 Å². The molecule has 0 bridgehead atoms. The minimum absolute atomic E-state index is 0.0932. The van der Waals surface area contributed by atoms with Crippen molar-refractivity contribution in [2.45, 2.75) is 12.8 Å². The summed E-state index contributed by atoms with van der Waals surface area (Å²) >= 11 is 0. The van der Waals surface area contributed by atoms with E-state index in [0.29, 0.717) is 24.5 Å². The van der Waals surface area contributed by atoms with Crippen LogP contribution in [0.15, 0.2) is 18.3 Å². The summed E-state index contributed by atoms with van der Waals surface area (Å²) in [5, 5.41) is 8.43. The average molecular weight is 262 g/mol. The van der Waals surface area contributed by atoms with Crippen molar-refractivity contribution in [2.75, 3.05) is 25.5 Å². The molecule has 1 aromatic rings. The summed E-state index contributed by atoms with van der Waals surface area (Å²) in [7, 11) is 1.75. The number of carbonyl (C=O) groups excluding carboxylic acids is 2. The van der Waals surface area contributed by atoms with E-state index in [2.05, 4.69) is 20.9 Å². The van der Waals surface area contributed by atoms with E-state index in [1.54, 1.807) is 25.4 Å². The lowest BCUT2D eigenvalue weighted by atomic mass is 10.2. The van der Waals surface area contributed by atoms with Gasteiger partial charge in [0.25, 0.3) is 5.91 Å². The van der Waals surface area contributed by atoms with Gasteiger partial charge in [0.2, 0.25) is 5.91 Å². The van der Waals surface area contributed by atoms with Gasteiger partial charge in [0, 0.05) is 37.8 Å². The first-order chi connectivity index (χ1) is 9.20. The van der Waals surface area contributed by atoms with Crippen LogP contribution in [-0.2, 0) is 4.79 Å². The molecule has 1 aliphatic rings. The maximum atomic E-state index is 11.8. The van der Waals surface area contributed by atoms with Crippen molar-refractivity contribution in [1.29, 1.82) is 0 Å². The number of carbonyl (C=O) groups is 2. The normalized spacial score (nSPS) is 13.7. The number of nitrogens with one attached hydrogen (secondary N) is 3. The Morgan fingerprint density at radius 1 is 1.32 bits per heavy atom. The van der Waals surface area contributed by atoms with Gasteiger partial charge in [0.05, 0.1) is 0 Å². The maximum Gasteiger partial charge on any atom is 0.251 e. The molecule has 2 amide bonds. The summed E-state index contributed by atoms with van der Waals surface area (Å²) in [5.41, 5.74) is 0.549. The second-order valence-electron chi connectivity index (χ2n) is 4.50. The third kappa shape index (κ3) is 3.94. The van der Waals surface area contributed by atoms with Gasteiger partial charge in [-0.25, -0.2) is 4.98 Å². The zero-order valence-electron chi connectivity index (χ0n) is 10.9. The summed E-state index contributed by atoms with van der Waals surface area (Å²) in [6.07, 6.45) is 3.56. The van der Waals surface area contributed by atoms with E-state index in [-0.39, 0.29) is 17.7 Å². The first-order valence-corrected chi connectivity index (χ1v) is 6.40. The fourth-order valence-corrected chi connectivity index (χ4v) is 1.66. The van der Waals surface area contributed by atoms with Gasteiger partial charge in [-0.1, -0.05) is 0 Å². The van der Waals surface area contributed by atoms with E-state index in [1.165, 1.54) is 0 Å². The Labute approximate surface area is 112 Å². The van der Waals surface area contributed by atoms with Gasteiger partial charge in [-0.15, -0.1) is 0 Å². The molecule has 6 nitrogen and oxygen atoms in total. The summed E-state index contributed by atoms with van der Waals surface area (Å²) in [6, 6.07) is 3.33. The van der Waals surface area contributed by atoms with Crippen LogP contribution in [0, 0.1) is 5.92 Å². The molecule has 1 fully saturated rings. The minimum atomic E-state index is -0.167. The highest BCUT2D eigenvalue weighted by Gasteiger charge is 2.28. The molecule has 0 saturated heterocycles. The molecule has 0 aromatic carbocycles. The molecule has 102 valence electrons. The van der Waals surface area contributed by atoms with Gasteiger partial charge in [-0.2, -0.15) is 0 Å². The van der Waals surface area contributed by atoms with E-state index in [1.807, 2.05) is 0 Å². The third-order valence-electron chi connectivity index (χ3n) is 2.94. The predicted octanol–water partition coefficient (Wildman–Crippen LogP) is 0.379. The first kappa shape index (κ1) is 13.3. The predicted molar refractivity (Wildman–Crippen MR) is 71.9 cm³/mol. The van der Waals surface area contributed by atoms with Gasteiger partial charge in [-0.3, -0.25) is 9.59 Å². The van der Waals surface area contributed by atoms with Crippen LogP contribution in [-0.4, -0.2) is 36.9 Å². The molecule has 1 aliphatic carbocycles. The van der Waals surface area contributed by atoms with Crippen molar-refractivity contribution in [3.63, 3.8) is 0 Å².